The van der Waals surface area contributed by atoms with Gasteiger partial charge in [0.25, 0.3) is 0 Å². The minimum atomic E-state index is -4.25. The SMILES string of the molecule is COc1ccc([N+](=O)[O-])c(N[C@H]2CCN(CC(F)(F)F)C2)n1. The third-order valence-electron chi connectivity index (χ3n) is 3.27. The van der Waals surface area contributed by atoms with Gasteiger partial charge < -0.3 is 10.1 Å². The Hall–Kier alpha value is -2.10. The third-order valence-corrected chi connectivity index (χ3v) is 3.27. The van der Waals surface area contributed by atoms with Crippen LogP contribution in [0.3, 0.4) is 0 Å². The number of ether oxygens (including phenoxy) is 1. The van der Waals surface area contributed by atoms with E-state index in [1.807, 2.05) is 0 Å². The zero-order valence-corrected chi connectivity index (χ0v) is 11.8. The van der Waals surface area contributed by atoms with Crippen molar-refractivity contribution in [1.82, 2.24) is 9.88 Å². The molecule has 122 valence electrons. The molecule has 0 amide bonds. The molecule has 1 aromatic heterocycles. The van der Waals surface area contributed by atoms with Crippen LogP contribution < -0.4 is 10.1 Å². The predicted molar refractivity (Wildman–Crippen MR) is 72.0 cm³/mol. The van der Waals surface area contributed by atoms with Crippen LogP contribution in [-0.4, -0.2) is 53.8 Å². The molecule has 1 aliphatic heterocycles. The van der Waals surface area contributed by atoms with Gasteiger partial charge in [0.2, 0.25) is 11.7 Å². The number of halogens is 3. The van der Waals surface area contributed by atoms with Crippen molar-refractivity contribution in [3.63, 3.8) is 0 Å². The molecular formula is C12H15F3N4O3. The van der Waals surface area contributed by atoms with Crippen LogP contribution in [-0.2, 0) is 0 Å². The average molecular weight is 320 g/mol. The number of nitrogens with zero attached hydrogens (tertiary/aromatic N) is 3. The zero-order chi connectivity index (χ0) is 16.3. The fourth-order valence-corrected chi connectivity index (χ4v) is 2.34. The molecule has 0 aliphatic carbocycles. The first-order valence-corrected chi connectivity index (χ1v) is 6.53. The maximum absolute atomic E-state index is 12.3. The maximum Gasteiger partial charge on any atom is 0.401 e. The van der Waals surface area contributed by atoms with E-state index < -0.39 is 17.6 Å². The Labute approximate surface area is 124 Å². The fraction of sp³-hybridized carbons (Fsp3) is 0.583. The second kappa shape index (κ2) is 6.34. The highest BCUT2D eigenvalue weighted by molar-refractivity contribution is 5.57. The van der Waals surface area contributed by atoms with E-state index in [0.717, 1.165) is 0 Å². The summed E-state index contributed by atoms with van der Waals surface area (Å²) in [6.45, 7) is -0.566. The average Bonchev–Trinajstić information content (AvgIpc) is 2.83. The second-order valence-corrected chi connectivity index (χ2v) is 4.96. The smallest absolute Gasteiger partial charge is 0.401 e. The number of aromatic nitrogens is 1. The van der Waals surface area contributed by atoms with E-state index in [2.05, 4.69) is 10.3 Å². The summed E-state index contributed by atoms with van der Waals surface area (Å²) >= 11 is 0. The Morgan fingerprint density at radius 2 is 2.27 bits per heavy atom. The summed E-state index contributed by atoms with van der Waals surface area (Å²) in [5.74, 6) is 0.196. The first kappa shape index (κ1) is 16.3. The second-order valence-electron chi connectivity index (χ2n) is 4.96. The lowest BCUT2D eigenvalue weighted by Gasteiger charge is -2.18. The lowest BCUT2D eigenvalue weighted by Crippen LogP contribution is -2.34. The van der Waals surface area contributed by atoms with Gasteiger partial charge in [0.15, 0.2) is 0 Å². The van der Waals surface area contributed by atoms with Crippen LogP contribution in [0.1, 0.15) is 6.42 Å². The van der Waals surface area contributed by atoms with E-state index in [1.165, 1.54) is 24.1 Å². The Morgan fingerprint density at radius 1 is 1.55 bits per heavy atom. The van der Waals surface area contributed by atoms with Crippen LogP contribution >= 0.6 is 0 Å². The largest absolute Gasteiger partial charge is 0.481 e. The first-order chi connectivity index (χ1) is 10.3. The van der Waals surface area contributed by atoms with Crippen molar-refractivity contribution in [2.75, 3.05) is 32.1 Å². The Morgan fingerprint density at radius 3 is 2.86 bits per heavy atom. The lowest BCUT2D eigenvalue weighted by atomic mass is 10.2. The van der Waals surface area contributed by atoms with Gasteiger partial charge in [0.05, 0.1) is 18.6 Å². The van der Waals surface area contributed by atoms with Gasteiger partial charge in [-0.25, -0.2) is 0 Å². The van der Waals surface area contributed by atoms with Crippen LogP contribution in [0.25, 0.3) is 0 Å². The number of anilines is 1. The summed E-state index contributed by atoms with van der Waals surface area (Å²) in [5.41, 5.74) is -0.241. The van der Waals surface area contributed by atoms with E-state index in [1.54, 1.807) is 0 Å². The number of hydrogen-bond acceptors (Lipinski definition) is 6. The van der Waals surface area contributed by atoms with Gasteiger partial charge in [-0.05, 0) is 6.42 Å². The predicted octanol–water partition coefficient (Wildman–Crippen LogP) is 2.05. The van der Waals surface area contributed by atoms with Gasteiger partial charge in [-0.15, -0.1) is 0 Å². The van der Waals surface area contributed by atoms with Crippen LogP contribution in [0.5, 0.6) is 5.88 Å². The number of likely N-dealkylation sites (tertiary alicyclic amines) is 1. The molecule has 7 nitrogen and oxygen atoms in total. The zero-order valence-electron chi connectivity index (χ0n) is 11.8. The molecule has 10 heteroatoms. The number of methoxy groups -OCH3 is 1. The van der Waals surface area contributed by atoms with E-state index in [-0.39, 0.29) is 36.5 Å². The minimum Gasteiger partial charge on any atom is -0.481 e. The molecule has 1 fully saturated rings. The molecule has 22 heavy (non-hydrogen) atoms. The summed E-state index contributed by atoms with van der Waals surface area (Å²) in [4.78, 5) is 15.6. The van der Waals surface area contributed by atoms with Crippen molar-refractivity contribution in [3.05, 3.63) is 22.2 Å². The highest BCUT2D eigenvalue weighted by Crippen LogP contribution is 2.27. The summed E-state index contributed by atoms with van der Waals surface area (Å²) in [6.07, 6.45) is -3.80. The van der Waals surface area contributed by atoms with Gasteiger partial charge in [-0.2, -0.15) is 18.2 Å². The molecule has 0 aromatic carbocycles. The van der Waals surface area contributed by atoms with E-state index >= 15 is 0 Å². The number of nitrogens with one attached hydrogen (secondary N) is 1. The van der Waals surface area contributed by atoms with Crippen molar-refractivity contribution in [1.29, 1.82) is 0 Å². The molecule has 0 radical (unpaired) electrons. The summed E-state index contributed by atoms with van der Waals surface area (Å²) in [5, 5.41) is 13.8. The molecule has 1 N–H and O–H groups in total. The topological polar surface area (TPSA) is 80.5 Å². The number of rotatable bonds is 5. The van der Waals surface area contributed by atoms with Crippen LogP contribution in [0.4, 0.5) is 24.7 Å². The Kier molecular flexibility index (Phi) is 4.69. The monoisotopic (exact) mass is 320 g/mol. The van der Waals surface area contributed by atoms with Gasteiger partial charge in [0, 0.05) is 31.3 Å². The standard InChI is InChI=1S/C12H15F3N4O3/c1-22-10-3-2-9(19(20)21)11(17-10)16-8-4-5-18(6-8)7-12(13,14)15/h2-3,8H,4-7H2,1H3,(H,16,17)/t8-/m0/s1. The summed E-state index contributed by atoms with van der Waals surface area (Å²) in [7, 11) is 1.37. The lowest BCUT2D eigenvalue weighted by molar-refractivity contribution is -0.384. The molecule has 1 saturated heterocycles. The molecule has 0 unspecified atom stereocenters. The third kappa shape index (κ3) is 4.20. The normalized spacial score (nSPS) is 19.2. The quantitative estimate of drug-likeness (QED) is 0.660. The highest BCUT2D eigenvalue weighted by atomic mass is 19.4. The van der Waals surface area contributed by atoms with Crippen molar-refractivity contribution < 1.29 is 22.8 Å². The molecule has 0 saturated carbocycles. The first-order valence-electron chi connectivity index (χ1n) is 6.53. The van der Waals surface area contributed by atoms with Gasteiger partial charge >= 0.3 is 11.9 Å². The minimum absolute atomic E-state index is 0.00297. The molecule has 2 heterocycles. The van der Waals surface area contributed by atoms with Crippen LogP contribution in [0.15, 0.2) is 12.1 Å². The molecule has 0 spiro atoms. The number of hydrogen-bond donors (Lipinski definition) is 1. The Balaban J connectivity index is 2.06. The molecule has 0 bridgehead atoms. The summed E-state index contributed by atoms with van der Waals surface area (Å²) in [6, 6.07) is 2.27. The highest BCUT2D eigenvalue weighted by Gasteiger charge is 2.35. The van der Waals surface area contributed by atoms with Crippen molar-refractivity contribution >= 4 is 11.5 Å². The van der Waals surface area contributed by atoms with Crippen LogP contribution in [0, 0.1) is 10.1 Å². The number of pyridine rings is 1. The van der Waals surface area contributed by atoms with E-state index in [0.29, 0.717) is 6.42 Å². The number of nitro groups is 1. The fourth-order valence-electron chi connectivity index (χ4n) is 2.34. The van der Waals surface area contributed by atoms with E-state index in [4.69, 9.17) is 4.74 Å². The Bertz CT molecular complexity index is 553. The summed E-state index contributed by atoms with van der Waals surface area (Å²) < 4.78 is 42.0. The number of alkyl halides is 3. The molecule has 1 aliphatic rings. The molecule has 1 aromatic rings. The molecule has 2 rings (SSSR count). The van der Waals surface area contributed by atoms with Crippen molar-refractivity contribution in [3.8, 4) is 5.88 Å². The van der Waals surface area contributed by atoms with Gasteiger partial charge in [0.1, 0.15) is 0 Å². The molecule has 1 atom stereocenters. The van der Waals surface area contributed by atoms with Crippen LogP contribution in [0.2, 0.25) is 0 Å². The van der Waals surface area contributed by atoms with Gasteiger partial charge in [-0.3, -0.25) is 15.0 Å². The molecular weight excluding hydrogens is 305 g/mol. The van der Waals surface area contributed by atoms with Gasteiger partial charge in [-0.1, -0.05) is 0 Å². The van der Waals surface area contributed by atoms with Crippen molar-refractivity contribution in [2.24, 2.45) is 0 Å². The van der Waals surface area contributed by atoms with E-state index in [9.17, 15) is 23.3 Å². The maximum atomic E-state index is 12.3. The van der Waals surface area contributed by atoms with Crippen molar-refractivity contribution in [2.45, 2.75) is 18.6 Å².